The van der Waals surface area contributed by atoms with Crippen LogP contribution in [-0.2, 0) is 0 Å². The van der Waals surface area contributed by atoms with Crippen LogP contribution >= 0.6 is 9.24 Å². The highest BCUT2D eigenvalue weighted by atomic mass is 31.0. The molecule has 0 aromatic heterocycles. The lowest BCUT2D eigenvalue weighted by Crippen LogP contribution is -2.25. The van der Waals surface area contributed by atoms with Gasteiger partial charge < -0.3 is 0 Å². The van der Waals surface area contributed by atoms with Crippen LogP contribution in [0.25, 0.3) is 0 Å². The van der Waals surface area contributed by atoms with Crippen molar-refractivity contribution >= 4 is 14.5 Å². The lowest BCUT2D eigenvalue weighted by molar-refractivity contribution is 0.318. The Labute approximate surface area is 122 Å². The Morgan fingerprint density at radius 1 is 0.842 bits per heavy atom. The number of benzene rings is 1. The molecule has 0 aliphatic carbocycles. The third-order valence-electron chi connectivity index (χ3n) is 4.67. The molecule has 108 valence electrons. The van der Waals surface area contributed by atoms with E-state index in [9.17, 15) is 0 Å². The first-order valence-corrected chi connectivity index (χ1v) is 7.92. The van der Waals surface area contributed by atoms with E-state index in [-0.39, 0.29) is 0 Å². The van der Waals surface area contributed by atoms with Gasteiger partial charge in [0.15, 0.2) is 0 Å². The van der Waals surface area contributed by atoms with Gasteiger partial charge in [0, 0.05) is 0 Å². The third-order valence-corrected chi connectivity index (χ3v) is 5.17. The van der Waals surface area contributed by atoms with Gasteiger partial charge in [0.25, 0.3) is 0 Å². The molecule has 0 spiro atoms. The van der Waals surface area contributed by atoms with Gasteiger partial charge >= 0.3 is 0 Å². The maximum absolute atomic E-state index is 2.93. The van der Waals surface area contributed by atoms with E-state index in [4.69, 9.17) is 0 Å². The van der Waals surface area contributed by atoms with Crippen molar-refractivity contribution in [3.63, 3.8) is 0 Å². The molecule has 0 aliphatic rings. The van der Waals surface area contributed by atoms with Gasteiger partial charge in [0.1, 0.15) is 0 Å². The molecule has 19 heavy (non-hydrogen) atoms. The van der Waals surface area contributed by atoms with E-state index in [1.54, 1.807) is 0 Å². The van der Waals surface area contributed by atoms with Crippen LogP contribution in [-0.4, -0.2) is 0 Å². The Hall–Kier alpha value is -0.350. The molecule has 0 fully saturated rings. The van der Waals surface area contributed by atoms with E-state index < -0.39 is 0 Å². The van der Waals surface area contributed by atoms with Crippen LogP contribution in [0.4, 0.5) is 0 Å². The second-order valence-electron chi connectivity index (χ2n) is 8.03. The van der Waals surface area contributed by atoms with E-state index in [1.165, 1.54) is 16.4 Å². The molecule has 3 unspecified atom stereocenters. The van der Waals surface area contributed by atoms with Gasteiger partial charge in [0.05, 0.1) is 0 Å². The maximum atomic E-state index is 2.93. The Morgan fingerprint density at radius 3 is 1.74 bits per heavy atom. The largest absolute Gasteiger partial charge is 0.105 e. The first kappa shape index (κ1) is 16.7. The molecule has 0 N–H and O–H groups in total. The van der Waals surface area contributed by atoms with Gasteiger partial charge in [-0.2, -0.15) is 0 Å². The van der Waals surface area contributed by atoms with Crippen molar-refractivity contribution in [1.82, 2.24) is 0 Å². The van der Waals surface area contributed by atoms with Crippen molar-refractivity contribution in [3.8, 4) is 0 Å². The van der Waals surface area contributed by atoms with Crippen LogP contribution in [0.5, 0.6) is 0 Å². The molecular weight excluding hydrogens is 247 g/mol. The zero-order chi connectivity index (χ0) is 15.0. The van der Waals surface area contributed by atoms with E-state index in [1.807, 2.05) is 0 Å². The van der Waals surface area contributed by atoms with Gasteiger partial charge in [-0.05, 0) is 39.1 Å². The monoisotopic (exact) mass is 278 g/mol. The van der Waals surface area contributed by atoms with Crippen molar-refractivity contribution in [3.05, 3.63) is 29.3 Å². The summed E-state index contributed by atoms with van der Waals surface area (Å²) in [6.45, 7) is 18.7. The molecule has 1 rings (SSSR count). The normalized spacial score (nSPS) is 16.3. The summed E-state index contributed by atoms with van der Waals surface area (Å²) in [6.07, 6.45) is 0. The number of rotatable bonds is 2. The summed E-state index contributed by atoms with van der Waals surface area (Å²) in [5.74, 6) is 1.12. The third kappa shape index (κ3) is 3.82. The average Bonchev–Trinajstić information content (AvgIpc) is 2.24. The minimum absolute atomic E-state index is 0.291. The lowest BCUT2D eigenvalue weighted by Gasteiger charge is -2.35. The fraction of sp³-hybridized carbons (Fsp3) is 0.667. The summed E-state index contributed by atoms with van der Waals surface area (Å²) < 4.78 is 0. The average molecular weight is 278 g/mol. The first-order valence-electron chi connectivity index (χ1n) is 7.34. The molecule has 0 amide bonds. The number of hydrogen-bond donors (Lipinski definition) is 0. The van der Waals surface area contributed by atoms with Crippen LogP contribution < -0.4 is 5.30 Å². The standard InChI is InChI=1S/C18H31P/c1-12(17(3,4)5)14-10-9-11-15(19)16(14)13(2)18(6,7)8/h9-13H,19H2,1-8H3. The van der Waals surface area contributed by atoms with Gasteiger partial charge in [-0.25, -0.2) is 0 Å². The van der Waals surface area contributed by atoms with Crippen molar-refractivity contribution in [2.24, 2.45) is 10.8 Å². The van der Waals surface area contributed by atoms with Crippen LogP contribution in [0.2, 0.25) is 0 Å². The zero-order valence-corrected chi connectivity index (χ0v) is 15.1. The topological polar surface area (TPSA) is 0 Å². The lowest BCUT2D eigenvalue weighted by atomic mass is 9.70. The van der Waals surface area contributed by atoms with Crippen molar-refractivity contribution in [2.45, 2.75) is 67.2 Å². The Morgan fingerprint density at radius 2 is 1.32 bits per heavy atom. The second-order valence-corrected chi connectivity index (χ2v) is 8.65. The molecular formula is C18H31P. The molecule has 0 aliphatic heterocycles. The second kappa shape index (κ2) is 5.57. The molecule has 0 saturated heterocycles. The van der Waals surface area contributed by atoms with Crippen molar-refractivity contribution < 1.29 is 0 Å². The predicted octanol–water partition coefficient (Wildman–Crippen LogP) is 5.49. The molecule has 1 heteroatoms. The number of hydrogen-bond acceptors (Lipinski definition) is 0. The van der Waals surface area contributed by atoms with Gasteiger partial charge in [-0.15, -0.1) is 9.24 Å². The van der Waals surface area contributed by atoms with E-state index in [0.717, 1.165) is 0 Å². The smallest absolute Gasteiger partial charge is 0.0133 e. The summed E-state index contributed by atoms with van der Waals surface area (Å²) in [4.78, 5) is 0. The Bertz CT molecular complexity index is 432. The van der Waals surface area contributed by atoms with Gasteiger partial charge in [-0.3, -0.25) is 0 Å². The SMILES string of the molecule is CC(c1cccc(P)c1C(C)C(C)(C)C)C(C)(C)C. The van der Waals surface area contributed by atoms with Crippen molar-refractivity contribution in [2.75, 3.05) is 0 Å². The molecule has 1 aromatic rings. The summed E-state index contributed by atoms with van der Waals surface area (Å²) in [5.41, 5.74) is 3.63. The van der Waals surface area contributed by atoms with E-state index >= 15 is 0 Å². The molecule has 0 radical (unpaired) electrons. The highest BCUT2D eigenvalue weighted by Gasteiger charge is 2.30. The molecule has 1 aromatic carbocycles. The maximum Gasteiger partial charge on any atom is -0.0133 e. The summed E-state index contributed by atoms with van der Waals surface area (Å²) in [6, 6.07) is 6.74. The highest BCUT2D eigenvalue weighted by molar-refractivity contribution is 7.27. The van der Waals surface area contributed by atoms with Crippen LogP contribution in [0.15, 0.2) is 18.2 Å². The Balaban J connectivity index is 3.39. The van der Waals surface area contributed by atoms with Crippen LogP contribution in [0, 0.1) is 10.8 Å². The molecule has 3 atom stereocenters. The zero-order valence-electron chi connectivity index (χ0n) is 14.0. The summed E-state index contributed by atoms with van der Waals surface area (Å²) in [7, 11) is 2.93. The van der Waals surface area contributed by atoms with E-state index in [2.05, 4.69) is 82.8 Å². The minimum atomic E-state index is 0.291. The van der Waals surface area contributed by atoms with E-state index in [0.29, 0.717) is 22.7 Å². The molecule has 0 heterocycles. The fourth-order valence-corrected chi connectivity index (χ4v) is 2.91. The first-order chi connectivity index (χ1) is 8.46. The molecule has 0 saturated carbocycles. The predicted molar refractivity (Wildman–Crippen MR) is 91.5 cm³/mol. The van der Waals surface area contributed by atoms with Gasteiger partial charge in [0.2, 0.25) is 0 Å². The summed E-state index contributed by atoms with van der Waals surface area (Å²) >= 11 is 0. The van der Waals surface area contributed by atoms with Crippen LogP contribution in [0.3, 0.4) is 0 Å². The Kier molecular flexibility index (Phi) is 4.89. The highest BCUT2D eigenvalue weighted by Crippen LogP contribution is 2.42. The molecule has 0 nitrogen and oxygen atoms in total. The summed E-state index contributed by atoms with van der Waals surface area (Å²) in [5, 5.41) is 1.36. The van der Waals surface area contributed by atoms with Crippen LogP contribution in [0.1, 0.15) is 78.4 Å². The van der Waals surface area contributed by atoms with Crippen molar-refractivity contribution in [1.29, 1.82) is 0 Å². The quantitative estimate of drug-likeness (QED) is 0.628. The minimum Gasteiger partial charge on any atom is -0.105 e. The fourth-order valence-electron chi connectivity index (χ4n) is 2.38. The van der Waals surface area contributed by atoms with Gasteiger partial charge in [-0.1, -0.05) is 73.6 Å². The molecule has 0 bridgehead atoms.